The fourth-order valence-corrected chi connectivity index (χ4v) is 6.41. The number of hydrogen-bond acceptors (Lipinski definition) is 0. The molecule has 0 fully saturated rings. The van der Waals surface area contributed by atoms with E-state index in [2.05, 4.69) is 178 Å². The molecule has 0 saturated carbocycles. The van der Waals surface area contributed by atoms with Gasteiger partial charge < -0.3 is 0 Å². The molecule has 0 saturated heterocycles. The molecule has 2 radical (unpaired) electrons. The third-order valence-corrected chi connectivity index (χ3v) is 9.42. The Labute approximate surface area is 325 Å². The molecule has 50 heavy (non-hydrogen) atoms. The number of benzene rings is 4. The van der Waals surface area contributed by atoms with Crippen molar-refractivity contribution in [2.75, 3.05) is 0 Å². The molecule has 6 aromatic rings. The Morgan fingerprint density at radius 2 is 1.18 bits per heavy atom. The molecule has 2 unspecified atom stereocenters. The summed E-state index contributed by atoms with van der Waals surface area (Å²) in [5.74, 6) is 1.28. The van der Waals surface area contributed by atoms with Crippen LogP contribution in [0.5, 0.6) is 0 Å². The molecule has 4 heteroatoms. The third kappa shape index (κ3) is 11.6. The minimum atomic E-state index is -0.826. The first-order valence-corrected chi connectivity index (χ1v) is 26.4. The van der Waals surface area contributed by atoms with Crippen molar-refractivity contribution < 1.29 is 20.8 Å². The third-order valence-electron chi connectivity index (χ3n) is 9.42. The molecule has 0 aliphatic rings. The molecule has 0 nitrogen and oxygen atoms in total. The average molecular weight is 799 g/mol. The van der Waals surface area contributed by atoms with Crippen LogP contribution >= 0.6 is 17.0 Å². The maximum atomic E-state index is 4.93. The van der Waals surface area contributed by atoms with Gasteiger partial charge in [-0.2, -0.15) is 12.1 Å². The van der Waals surface area contributed by atoms with Crippen LogP contribution in [0.2, 0.25) is 13.1 Å². The predicted molar refractivity (Wildman–Crippen MR) is 225 cm³/mol. The average Bonchev–Trinajstić information content (AvgIpc) is 3.72. The van der Waals surface area contributed by atoms with Crippen LogP contribution < -0.4 is 0 Å². The fourth-order valence-electron chi connectivity index (χ4n) is 6.41. The molecular weight excluding hydrogens is 743 g/mol. The van der Waals surface area contributed by atoms with E-state index in [1.807, 2.05) is 0 Å². The van der Waals surface area contributed by atoms with Gasteiger partial charge in [-0.05, 0) is 52.3 Å². The number of fused-ring (bicyclic) bond motifs is 2. The van der Waals surface area contributed by atoms with E-state index in [4.69, 9.17) is 17.0 Å². The maximum absolute atomic E-state index is 4.93. The van der Waals surface area contributed by atoms with Gasteiger partial charge in [0.1, 0.15) is 0 Å². The fraction of sp³-hybridized carbons (Fsp3) is 0.348. The van der Waals surface area contributed by atoms with Gasteiger partial charge in [0.05, 0.1) is 0 Å². The first kappa shape index (κ1) is 42.2. The van der Waals surface area contributed by atoms with E-state index >= 15 is 0 Å². The molecule has 0 heterocycles. The molecule has 0 aliphatic carbocycles. The van der Waals surface area contributed by atoms with Gasteiger partial charge in [0.25, 0.3) is 0 Å². The second-order valence-corrected chi connectivity index (χ2v) is 19.2. The van der Waals surface area contributed by atoms with Crippen molar-refractivity contribution in [3.8, 4) is 22.3 Å². The Bertz CT molecular complexity index is 1850. The van der Waals surface area contributed by atoms with Gasteiger partial charge in [0.2, 0.25) is 0 Å². The number of aryl methyl sites for hydroxylation is 1. The van der Waals surface area contributed by atoms with Crippen LogP contribution in [-0.2, 0) is 26.3 Å². The molecule has 0 N–H and O–H groups in total. The summed E-state index contributed by atoms with van der Waals surface area (Å²) in [6.07, 6.45) is 3.69. The van der Waals surface area contributed by atoms with E-state index in [1.54, 1.807) is 0 Å². The van der Waals surface area contributed by atoms with Crippen molar-refractivity contribution in [1.82, 2.24) is 0 Å². The first-order chi connectivity index (χ1) is 23.9. The second-order valence-electron chi connectivity index (χ2n) is 14.5. The Morgan fingerprint density at radius 3 is 1.66 bits per heavy atom. The van der Waals surface area contributed by atoms with Crippen LogP contribution in [0, 0.1) is 6.92 Å². The van der Waals surface area contributed by atoms with Gasteiger partial charge in [-0.1, -0.05) is 147 Å². The van der Waals surface area contributed by atoms with Crippen molar-refractivity contribution in [2.45, 2.75) is 105 Å². The second kappa shape index (κ2) is 20.7. The molecule has 262 valence electrons. The van der Waals surface area contributed by atoms with E-state index in [1.165, 1.54) is 85.3 Å². The van der Waals surface area contributed by atoms with Crippen LogP contribution in [0.15, 0.2) is 109 Å². The van der Waals surface area contributed by atoms with Crippen molar-refractivity contribution in [3.63, 3.8) is 0 Å². The molecule has 0 bridgehead atoms. The Hall–Kier alpha value is -2.22. The van der Waals surface area contributed by atoms with Gasteiger partial charge in [0.15, 0.2) is 0 Å². The molecule has 6 aromatic carbocycles. The number of hydrogen-bond donors (Lipinski definition) is 0. The zero-order chi connectivity index (χ0) is 36.8. The topological polar surface area (TPSA) is 0 Å². The van der Waals surface area contributed by atoms with E-state index < -0.39 is 20.8 Å². The van der Waals surface area contributed by atoms with Crippen LogP contribution in [0.3, 0.4) is 0 Å². The molecule has 0 spiro atoms. The van der Waals surface area contributed by atoms with Crippen molar-refractivity contribution >= 4 is 48.1 Å². The van der Waals surface area contributed by atoms with E-state index in [0.29, 0.717) is 11.8 Å². The van der Waals surface area contributed by atoms with Gasteiger partial charge in [-0.3, -0.25) is 0 Å². The number of halogens is 2. The number of rotatable bonds is 7. The summed E-state index contributed by atoms with van der Waals surface area (Å²) >= 11 is -0.826. The molecule has 0 aliphatic heterocycles. The SMILES string of the molecule is CCC(C)c1ccc(-c2cccc3[cH-]c(C)cc23)cc1.CCCC(C)c1cc2c(-c3ccc(C(C)(C)C)cc3)cccc2[cH-]1.C[Si]C.[Cl][Zr+2][Cl]. The molecule has 0 amide bonds. The standard InChI is InChI=1S/C24H29.C20H21.C2H6Si.2ClH.Zr/c1-6-8-17(2)20-15-19-9-7-10-22(23(19)16-20)18-11-13-21(14-12-18)24(3,4)5;1-4-15(3)16-8-10-17(11-9-16)19-7-5-6-18-12-14(2)13-20(18)19;1-3-2;;;/h7,9-17H,6,8H2,1-5H3;5-13,15H,4H2,1-3H3;1-2H3;2*1H;/q2*-1;;;;+4/p-2. The van der Waals surface area contributed by atoms with Crippen molar-refractivity contribution in [1.29, 1.82) is 0 Å². The summed E-state index contributed by atoms with van der Waals surface area (Å²) in [5, 5.41) is 5.46. The van der Waals surface area contributed by atoms with Gasteiger partial charge >= 0.3 is 37.9 Å². The van der Waals surface area contributed by atoms with E-state index in [-0.39, 0.29) is 5.41 Å². The first-order valence-electron chi connectivity index (χ1n) is 18.0. The summed E-state index contributed by atoms with van der Waals surface area (Å²) in [7, 11) is 11.0. The van der Waals surface area contributed by atoms with E-state index in [0.717, 1.165) is 9.52 Å². The van der Waals surface area contributed by atoms with Gasteiger partial charge in [-0.25, -0.2) is 0 Å². The normalized spacial score (nSPS) is 12.1. The summed E-state index contributed by atoms with van der Waals surface area (Å²) in [4.78, 5) is 0. The quantitative estimate of drug-likeness (QED) is 0.111. The van der Waals surface area contributed by atoms with E-state index in [9.17, 15) is 0 Å². The summed E-state index contributed by atoms with van der Waals surface area (Å²) < 4.78 is 0. The summed E-state index contributed by atoms with van der Waals surface area (Å²) in [6.45, 7) is 22.4. The summed E-state index contributed by atoms with van der Waals surface area (Å²) in [6, 6.07) is 40.7. The summed E-state index contributed by atoms with van der Waals surface area (Å²) in [5.41, 5.74) is 11.2. The Balaban J connectivity index is 0.000000236. The molecule has 0 aromatic heterocycles. The van der Waals surface area contributed by atoms with Gasteiger partial charge in [-0.15, -0.1) is 69.1 Å². The van der Waals surface area contributed by atoms with Crippen LogP contribution in [-0.4, -0.2) is 9.52 Å². The molecule has 2 atom stereocenters. The van der Waals surface area contributed by atoms with Crippen LogP contribution in [0.25, 0.3) is 43.8 Å². The van der Waals surface area contributed by atoms with Crippen LogP contribution in [0.1, 0.15) is 102 Å². The van der Waals surface area contributed by atoms with Crippen molar-refractivity contribution in [3.05, 3.63) is 131 Å². The molecular formula is C46H56Cl2SiZr. The van der Waals surface area contributed by atoms with Crippen molar-refractivity contribution in [2.24, 2.45) is 0 Å². The van der Waals surface area contributed by atoms with Crippen LogP contribution in [0.4, 0.5) is 0 Å². The Morgan fingerprint density at radius 1 is 0.700 bits per heavy atom. The zero-order valence-corrected chi connectivity index (χ0v) is 36.9. The predicted octanol–water partition coefficient (Wildman–Crippen LogP) is 15.6. The zero-order valence-electron chi connectivity index (χ0n) is 31.9. The Kier molecular flexibility index (Phi) is 17.5. The molecule has 6 rings (SSSR count). The van der Waals surface area contributed by atoms with Gasteiger partial charge in [0, 0.05) is 9.52 Å². The minimum absolute atomic E-state index is 0.202. The monoisotopic (exact) mass is 796 g/mol.